The van der Waals surface area contributed by atoms with Crippen LogP contribution in [0, 0.1) is 5.92 Å². The van der Waals surface area contributed by atoms with Gasteiger partial charge >= 0.3 is 0 Å². The summed E-state index contributed by atoms with van der Waals surface area (Å²) in [4.78, 5) is 12.6. The quantitative estimate of drug-likeness (QED) is 0.843. The average molecular weight is 333 g/mol. The van der Waals surface area contributed by atoms with E-state index in [1.54, 1.807) is 56.3 Å². The lowest BCUT2D eigenvalue weighted by atomic mass is 10.2. The molecule has 0 aliphatic carbocycles. The Hall–Kier alpha value is -2.34. The van der Waals surface area contributed by atoms with Crippen LogP contribution in [-0.2, 0) is 14.8 Å². The van der Waals surface area contributed by atoms with Gasteiger partial charge in [-0.05, 0) is 36.4 Å². The van der Waals surface area contributed by atoms with E-state index in [1.165, 1.54) is 19.2 Å². The fraction of sp³-hybridized carbons (Fsp3) is 0.235. The Bertz CT molecular complexity index is 768. The fourth-order valence-corrected chi connectivity index (χ4v) is 3.59. The van der Waals surface area contributed by atoms with Crippen LogP contribution in [0.3, 0.4) is 0 Å². The Balaban J connectivity index is 2.56. The van der Waals surface area contributed by atoms with Gasteiger partial charge in [0.2, 0.25) is 5.91 Å². The van der Waals surface area contributed by atoms with E-state index < -0.39 is 21.8 Å². The largest absolute Gasteiger partial charge is 0.497 e. The molecule has 0 aromatic heterocycles. The molecule has 0 unspecified atom stereocenters. The molecule has 2 rings (SSSR count). The number of rotatable bonds is 5. The highest BCUT2D eigenvalue weighted by Gasteiger charge is 2.32. The van der Waals surface area contributed by atoms with E-state index in [0.717, 1.165) is 4.31 Å². The smallest absolute Gasteiger partial charge is 0.270 e. The molecule has 0 aliphatic heterocycles. The Kier molecular flexibility index (Phi) is 5.05. The molecule has 0 aliphatic rings. The monoisotopic (exact) mass is 333 g/mol. The molecule has 0 fully saturated rings. The van der Waals surface area contributed by atoms with Gasteiger partial charge in [0, 0.05) is 5.92 Å². The van der Waals surface area contributed by atoms with Gasteiger partial charge in [0.25, 0.3) is 10.0 Å². The second-order valence-electron chi connectivity index (χ2n) is 5.27. The third kappa shape index (κ3) is 3.53. The molecule has 0 radical (unpaired) electrons. The van der Waals surface area contributed by atoms with Crippen LogP contribution in [0.5, 0.6) is 5.75 Å². The van der Waals surface area contributed by atoms with Crippen LogP contribution >= 0.6 is 0 Å². The van der Waals surface area contributed by atoms with Gasteiger partial charge in [-0.3, -0.25) is 4.79 Å². The normalized spacial score (nSPS) is 11.3. The summed E-state index contributed by atoms with van der Waals surface area (Å²) in [6.45, 7) is 3.33. The van der Waals surface area contributed by atoms with Crippen molar-refractivity contribution in [1.29, 1.82) is 0 Å². The number of hydrogen-bond acceptors (Lipinski definition) is 4. The molecule has 0 atom stereocenters. The summed E-state index contributed by atoms with van der Waals surface area (Å²) in [6.07, 6.45) is 0. The van der Waals surface area contributed by atoms with E-state index in [9.17, 15) is 13.2 Å². The summed E-state index contributed by atoms with van der Waals surface area (Å²) in [6, 6.07) is 14.3. The molecule has 0 saturated carbocycles. The molecule has 0 heterocycles. The zero-order valence-electron chi connectivity index (χ0n) is 13.3. The van der Waals surface area contributed by atoms with Crippen LogP contribution in [0.2, 0.25) is 0 Å². The Morgan fingerprint density at radius 2 is 1.57 bits per heavy atom. The van der Waals surface area contributed by atoms with E-state index >= 15 is 0 Å². The van der Waals surface area contributed by atoms with Crippen molar-refractivity contribution < 1.29 is 17.9 Å². The molecule has 0 spiro atoms. The summed E-state index contributed by atoms with van der Waals surface area (Å²) < 4.78 is 31.7. The predicted octanol–water partition coefficient (Wildman–Crippen LogP) is 3.07. The summed E-state index contributed by atoms with van der Waals surface area (Å²) in [5, 5.41) is 0. The van der Waals surface area contributed by atoms with E-state index in [0.29, 0.717) is 5.75 Å². The third-order valence-corrected chi connectivity index (χ3v) is 5.02. The number of methoxy groups -OCH3 is 1. The second-order valence-corrected chi connectivity index (χ2v) is 7.06. The van der Waals surface area contributed by atoms with Gasteiger partial charge in [0.05, 0.1) is 17.7 Å². The summed E-state index contributed by atoms with van der Waals surface area (Å²) in [7, 11) is -2.45. The molecule has 5 nitrogen and oxygen atoms in total. The SMILES string of the molecule is COc1ccc(N(C(=O)C(C)C)S(=O)(=O)c2ccccc2)cc1. The minimum absolute atomic E-state index is 0.0739. The van der Waals surface area contributed by atoms with E-state index in [2.05, 4.69) is 0 Å². The number of benzene rings is 2. The van der Waals surface area contributed by atoms with E-state index in [4.69, 9.17) is 4.74 Å². The van der Waals surface area contributed by atoms with Crippen LogP contribution in [0.1, 0.15) is 13.8 Å². The number of amides is 1. The minimum atomic E-state index is -3.97. The first kappa shape index (κ1) is 17.0. The average Bonchev–Trinajstić information content (AvgIpc) is 2.56. The number of hydrogen-bond donors (Lipinski definition) is 0. The molecule has 2 aromatic carbocycles. The number of nitrogens with zero attached hydrogens (tertiary/aromatic N) is 1. The Morgan fingerprint density at radius 1 is 1.00 bits per heavy atom. The molecule has 23 heavy (non-hydrogen) atoms. The Morgan fingerprint density at radius 3 is 2.04 bits per heavy atom. The van der Waals surface area contributed by atoms with Crippen molar-refractivity contribution in [3.8, 4) is 5.75 Å². The fourth-order valence-electron chi connectivity index (χ4n) is 2.03. The molecule has 0 N–H and O–H groups in total. The lowest BCUT2D eigenvalue weighted by molar-refractivity contribution is -0.120. The van der Waals surface area contributed by atoms with Crippen molar-refractivity contribution in [2.75, 3.05) is 11.4 Å². The second kappa shape index (κ2) is 6.83. The first-order valence-corrected chi connectivity index (χ1v) is 8.60. The molecule has 0 bridgehead atoms. The van der Waals surface area contributed by atoms with Crippen molar-refractivity contribution >= 4 is 21.6 Å². The van der Waals surface area contributed by atoms with Crippen molar-refractivity contribution in [2.24, 2.45) is 5.92 Å². The molecule has 2 aromatic rings. The van der Waals surface area contributed by atoms with Gasteiger partial charge in [-0.25, -0.2) is 12.7 Å². The van der Waals surface area contributed by atoms with Crippen molar-refractivity contribution in [1.82, 2.24) is 0 Å². The van der Waals surface area contributed by atoms with Crippen LogP contribution in [0.25, 0.3) is 0 Å². The molecular weight excluding hydrogens is 314 g/mol. The molecule has 1 amide bonds. The van der Waals surface area contributed by atoms with E-state index in [-0.39, 0.29) is 10.6 Å². The van der Waals surface area contributed by atoms with Crippen LogP contribution in [0.4, 0.5) is 5.69 Å². The molecule has 6 heteroatoms. The predicted molar refractivity (Wildman–Crippen MR) is 88.9 cm³/mol. The van der Waals surface area contributed by atoms with Gasteiger partial charge in [-0.2, -0.15) is 0 Å². The van der Waals surface area contributed by atoms with Gasteiger partial charge in [0.1, 0.15) is 5.75 Å². The van der Waals surface area contributed by atoms with Crippen LogP contribution < -0.4 is 9.04 Å². The maximum Gasteiger partial charge on any atom is 0.270 e. The van der Waals surface area contributed by atoms with Crippen molar-refractivity contribution in [3.63, 3.8) is 0 Å². The number of ether oxygens (including phenoxy) is 1. The zero-order valence-corrected chi connectivity index (χ0v) is 14.1. The first-order chi connectivity index (χ1) is 10.9. The summed E-state index contributed by atoms with van der Waals surface area (Å²) in [5.74, 6) is -0.364. The van der Waals surface area contributed by atoms with Crippen molar-refractivity contribution in [2.45, 2.75) is 18.7 Å². The molecule has 0 saturated heterocycles. The maximum absolute atomic E-state index is 12.9. The summed E-state index contributed by atoms with van der Waals surface area (Å²) >= 11 is 0. The van der Waals surface area contributed by atoms with Gasteiger partial charge in [-0.1, -0.05) is 32.0 Å². The first-order valence-electron chi connectivity index (χ1n) is 7.16. The Labute approximate surface area is 136 Å². The van der Waals surface area contributed by atoms with Gasteiger partial charge in [-0.15, -0.1) is 0 Å². The number of carbonyl (C=O) groups is 1. The number of carbonyl (C=O) groups excluding carboxylic acids is 1. The van der Waals surface area contributed by atoms with Crippen LogP contribution in [0.15, 0.2) is 59.5 Å². The highest BCUT2D eigenvalue weighted by Crippen LogP contribution is 2.27. The highest BCUT2D eigenvalue weighted by molar-refractivity contribution is 7.93. The lowest BCUT2D eigenvalue weighted by Crippen LogP contribution is -2.39. The number of anilines is 1. The van der Waals surface area contributed by atoms with Gasteiger partial charge in [0.15, 0.2) is 0 Å². The standard InChI is InChI=1S/C17H19NO4S/c1-13(2)17(19)18(14-9-11-15(22-3)12-10-14)23(20,21)16-7-5-4-6-8-16/h4-13H,1-3H3. The molecular formula is C17H19NO4S. The minimum Gasteiger partial charge on any atom is -0.497 e. The lowest BCUT2D eigenvalue weighted by Gasteiger charge is -2.24. The highest BCUT2D eigenvalue weighted by atomic mass is 32.2. The third-order valence-electron chi connectivity index (χ3n) is 3.28. The number of sulfonamides is 1. The molecule has 122 valence electrons. The van der Waals surface area contributed by atoms with E-state index in [1.807, 2.05) is 0 Å². The topological polar surface area (TPSA) is 63.7 Å². The van der Waals surface area contributed by atoms with Gasteiger partial charge < -0.3 is 4.74 Å². The maximum atomic E-state index is 12.9. The summed E-state index contributed by atoms with van der Waals surface area (Å²) in [5.41, 5.74) is 0.286. The van der Waals surface area contributed by atoms with Crippen LogP contribution in [-0.4, -0.2) is 21.4 Å². The zero-order chi connectivity index (χ0) is 17.0. The van der Waals surface area contributed by atoms with Crippen molar-refractivity contribution in [3.05, 3.63) is 54.6 Å².